The quantitative estimate of drug-likeness (QED) is 0.582. The first kappa shape index (κ1) is 20.4. The molecule has 0 fully saturated rings. The van der Waals surface area contributed by atoms with E-state index in [1.54, 1.807) is 26.0 Å². The van der Waals surface area contributed by atoms with E-state index in [2.05, 4.69) is 20.8 Å². The Kier molecular flexibility index (Phi) is 6.20. The molecule has 0 bridgehead atoms. The first-order chi connectivity index (χ1) is 13.9. The Morgan fingerprint density at radius 1 is 1.17 bits per heavy atom. The van der Waals surface area contributed by atoms with Gasteiger partial charge >= 0.3 is 6.09 Å². The lowest BCUT2D eigenvalue weighted by molar-refractivity contribution is 0.184. The number of carbonyl (C=O) groups excluding carboxylic acids is 1. The molecule has 3 aromatic rings. The van der Waals surface area contributed by atoms with Crippen LogP contribution >= 0.6 is 0 Å². The van der Waals surface area contributed by atoms with Gasteiger partial charge in [-0.15, -0.1) is 5.10 Å². The zero-order valence-corrected chi connectivity index (χ0v) is 16.4. The van der Waals surface area contributed by atoms with Crippen molar-refractivity contribution in [2.45, 2.75) is 32.9 Å². The van der Waals surface area contributed by atoms with Gasteiger partial charge in [0.25, 0.3) is 0 Å². The Hall–Kier alpha value is -3.30. The molecule has 9 heteroatoms. The maximum atomic E-state index is 12.1. The molecule has 3 rings (SSSR count). The molecule has 0 spiro atoms. The van der Waals surface area contributed by atoms with E-state index in [1.807, 2.05) is 37.3 Å². The fourth-order valence-electron chi connectivity index (χ4n) is 2.70. The summed E-state index contributed by atoms with van der Waals surface area (Å²) in [6.45, 7) is 5.02. The van der Waals surface area contributed by atoms with Crippen molar-refractivity contribution in [1.82, 2.24) is 25.5 Å². The number of nitrogens with zero attached hydrogens (tertiary/aromatic N) is 4. The highest BCUT2D eigenvalue weighted by atomic mass is 16.6. The summed E-state index contributed by atoms with van der Waals surface area (Å²) < 4.78 is 6.80. The smallest absolute Gasteiger partial charge is 0.410 e. The Balaban J connectivity index is 2.03. The van der Waals surface area contributed by atoms with Crippen molar-refractivity contribution in [2.24, 2.45) is 0 Å². The minimum Gasteiger partial charge on any atom is -0.410 e. The highest BCUT2D eigenvalue weighted by Gasteiger charge is 2.17. The van der Waals surface area contributed by atoms with Crippen LogP contribution in [0.4, 0.5) is 4.79 Å². The molecule has 0 saturated heterocycles. The Labute approximate surface area is 167 Å². The topological polar surface area (TPSA) is 122 Å². The van der Waals surface area contributed by atoms with Gasteiger partial charge in [-0.2, -0.15) is 4.68 Å². The SMILES string of the molecule is Cc1ccc(-c2cc(OC(=O)N[C@@H](C)CO)cc(-n3nnnc3[C@H](C)O)c2)cc1. The number of rotatable bonds is 6. The van der Waals surface area contributed by atoms with Gasteiger partial charge in [-0.3, -0.25) is 0 Å². The van der Waals surface area contributed by atoms with Gasteiger partial charge in [0.15, 0.2) is 5.82 Å². The van der Waals surface area contributed by atoms with Crippen LogP contribution in [0.15, 0.2) is 42.5 Å². The molecule has 9 nitrogen and oxygen atoms in total. The van der Waals surface area contributed by atoms with Gasteiger partial charge in [-0.25, -0.2) is 4.79 Å². The molecule has 1 aromatic heterocycles. The van der Waals surface area contributed by atoms with Crippen LogP contribution < -0.4 is 10.1 Å². The fraction of sp³-hybridized carbons (Fsp3) is 0.300. The van der Waals surface area contributed by atoms with Crippen LogP contribution in [-0.4, -0.2) is 49.2 Å². The van der Waals surface area contributed by atoms with Crippen LogP contribution in [0.25, 0.3) is 16.8 Å². The zero-order chi connectivity index (χ0) is 21.0. The number of benzene rings is 2. The second-order valence-electron chi connectivity index (χ2n) is 6.82. The molecule has 0 unspecified atom stereocenters. The van der Waals surface area contributed by atoms with Crippen molar-refractivity contribution in [3.05, 3.63) is 53.9 Å². The number of aliphatic hydroxyl groups excluding tert-OH is 2. The fourth-order valence-corrected chi connectivity index (χ4v) is 2.70. The molecule has 0 aliphatic carbocycles. The van der Waals surface area contributed by atoms with E-state index in [1.165, 1.54) is 4.68 Å². The molecule has 2 atom stereocenters. The second kappa shape index (κ2) is 8.80. The maximum absolute atomic E-state index is 12.1. The van der Waals surface area contributed by atoms with Crippen LogP contribution in [0.3, 0.4) is 0 Å². The zero-order valence-electron chi connectivity index (χ0n) is 16.4. The lowest BCUT2D eigenvalue weighted by Crippen LogP contribution is -2.37. The standard InChI is InChI=1S/C20H23N5O4/c1-12-4-6-15(7-5-12)16-8-17(25-19(14(3)27)22-23-24-25)10-18(9-16)29-20(28)21-13(2)11-26/h4-10,13-14,26-27H,11H2,1-3H3,(H,21,28)/t13-,14-/m0/s1. The highest BCUT2D eigenvalue weighted by molar-refractivity contribution is 5.74. The molecule has 1 amide bonds. The van der Waals surface area contributed by atoms with Gasteiger partial charge in [-0.05, 0) is 54.5 Å². The minimum atomic E-state index is -0.883. The van der Waals surface area contributed by atoms with Crippen LogP contribution in [0.5, 0.6) is 5.75 Å². The van der Waals surface area contributed by atoms with Gasteiger partial charge in [0, 0.05) is 6.07 Å². The van der Waals surface area contributed by atoms with E-state index in [9.17, 15) is 9.90 Å². The highest BCUT2D eigenvalue weighted by Crippen LogP contribution is 2.29. The van der Waals surface area contributed by atoms with Gasteiger partial charge in [-0.1, -0.05) is 29.8 Å². The van der Waals surface area contributed by atoms with E-state index in [-0.39, 0.29) is 18.2 Å². The number of aryl methyl sites for hydroxylation is 1. The van der Waals surface area contributed by atoms with Gasteiger partial charge in [0.2, 0.25) is 0 Å². The summed E-state index contributed by atoms with van der Waals surface area (Å²) in [6.07, 6.45) is -1.57. The number of nitrogens with one attached hydrogen (secondary N) is 1. The van der Waals surface area contributed by atoms with E-state index in [4.69, 9.17) is 9.84 Å². The number of hydrogen-bond acceptors (Lipinski definition) is 7. The summed E-state index contributed by atoms with van der Waals surface area (Å²) >= 11 is 0. The predicted octanol–water partition coefficient (Wildman–Crippen LogP) is 2.16. The van der Waals surface area contributed by atoms with Crippen molar-refractivity contribution in [3.63, 3.8) is 0 Å². The molecule has 152 valence electrons. The van der Waals surface area contributed by atoms with E-state index >= 15 is 0 Å². The van der Waals surface area contributed by atoms with Crippen LogP contribution in [0.2, 0.25) is 0 Å². The first-order valence-electron chi connectivity index (χ1n) is 9.15. The Bertz CT molecular complexity index is 985. The Morgan fingerprint density at radius 2 is 1.90 bits per heavy atom. The average molecular weight is 397 g/mol. The molecule has 0 radical (unpaired) electrons. The maximum Gasteiger partial charge on any atom is 0.412 e. The molecule has 1 heterocycles. The number of carbonyl (C=O) groups is 1. The van der Waals surface area contributed by atoms with Crippen molar-refractivity contribution in [3.8, 4) is 22.6 Å². The van der Waals surface area contributed by atoms with Crippen LogP contribution in [0, 0.1) is 6.92 Å². The minimum absolute atomic E-state index is 0.202. The van der Waals surface area contributed by atoms with E-state index in [0.29, 0.717) is 5.69 Å². The molecule has 0 aliphatic rings. The molecular weight excluding hydrogens is 374 g/mol. The van der Waals surface area contributed by atoms with Crippen LogP contribution in [0.1, 0.15) is 31.3 Å². The van der Waals surface area contributed by atoms with E-state index < -0.39 is 18.2 Å². The number of amides is 1. The second-order valence-corrected chi connectivity index (χ2v) is 6.82. The summed E-state index contributed by atoms with van der Waals surface area (Å²) in [6, 6.07) is 12.6. The van der Waals surface area contributed by atoms with Gasteiger partial charge < -0.3 is 20.3 Å². The number of tetrazole rings is 1. The monoisotopic (exact) mass is 397 g/mol. The van der Waals surface area contributed by atoms with E-state index in [0.717, 1.165) is 16.7 Å². The van der Waals surface area contributed by atoms with Crippen LogP contribution in [-0.2, 0) is 0 Å². The molecule has 0 saturated carbocycles. The summed E-state index contributed by atoms with van der Waals surface area (Å²) in [5.41, 5.74) is 3.35. The lowest BCUT2D eigenvalue weighted by atomic mass is 10.0. The summed E-state index contributed by atoms with van der Waals surface area (Å²) in [4.78, 5) is 12.1. The molecule has 3 N–H and O–H groups in total. The summed E-state index contributed by atoms with van der Waals surface area (Å²) in [5.74, 6) is 0.531. The number of aliphatic hydroxyl groups is 2. The van der Waals surface area contributed by atoms with Crippen molar-refractivity contribution < 1.29 is 19.7 Å². The summed E-state index contributed by atoms with van der Waals surface area (Å²) in [7, 11) is 0. The average Bonchev–Trinajstić information content (AvgIpc) is 3.18. The third kappa shape index (κ3) is 4.95. The number of aromatic nitrogens is 4. The third-order valence-electron chi connectivity index (χ3n) is 4.24. The van der Waals surface area contributed by atoms with Crippen molar-refractivity contribution in [2.75, 3.05) is 6.61 Å². The van der Waals surface area contributed by atoms with Crippen molar-refractivity contribution in [1.29, 1.82) is 0 Å². The normalized spacial score (nSPS) is 13.0. The largest absolute Gasteiger partial charge is 0.412 e. The predicted molar refractivity (Wildman–Crippen MR) is 106 cm³/mol. The number of hydrogen-bond donors (Lipinski definition) is 3. The molecule has 2 aromatic carbocycles. The molecule has 0 aliphatic heterocycles. The van der Waals surface area contributed by atoms with Gasteiger partial charge in [0.05, 0.1) is 18.3 Å². The number of ether oxygens (including phenoxy) is 1. The third-order valence-corrected chi connectivity index (χ3v) is 4.24. The first-order valence-corrected chi connectivity index (χ1v) is 9.15. The molecule has 29 heavy (non-hydrogen) atoms. The lowest BCUT2D eigenvalue weighted by Gasteiger charge is -2.14. The van der Waals surface area contributed by atoms with Crippen molar-refractivity contribution >= 4 is 6.09 Å². The Morgan fingerprint density at radius 3 is 2.55 bits per heavy atom. The molecular formula is C20H23N5O4. The van der Waals surface area contributed by atoms with Gasteiger partial charge in [0.1, 0.15) is 11.9 Å². The summed E-state index contributed by atoms with van der Waals surface area (Å²) in [5, 5.41) is 33.0.